The normalized spacial score (nSPS) is 10.5. The second-order valence-corrected chi connectivity index (χ2v) is 4.42. The van der Waals surface area contributed by atoms with E-state index in [1.807, 2.05) is 24.3 Å². The van der Waals surface area contributed by atoms with E-state index in [1.165, 1.54) is 11.7 Å². The number of benzene rings is 2. The molecule has 0 amide bonds. The van der Waals surface area contributed by atoms with Crippen LogP contribution in [0.5, 0.6) is 0 Å². The summed E-state index contributed by atoms with van der Waals surface area (Å²) < 4.78 is 6.11. The number of rotatable bonds is 2. The summed E-state index contributed by atoms with van der Waals surface area (Å²) in [5.74, 6) is -0.740. The van der Waals surface area contributed by atoms with Crippen LogP contribution in [-0.2, 0) is 4.74 Å². The molecule has 1 aromatic heterocycles. The van der Waals surface area contributed by atoms with E-state index in [-0.39, 0.29) is 5.69 Å². The van der Waals surface area contributed by atoms with Gasteiger partial charge >= 0.3 is 5.97 Å². The van der Waals surface area contributed by atoms with Gasteiger partial charge in [-0.3, -0.25) is 9.36 Å². The van der Waals surface area contributed by atoms with Gasteiger partial charge in [-0.1, -0.05) is 30.3 Å². The molecule has 0 atom stereocenters. The Morgan fingerprint density at radius 1 is 1.05 bits per heavy atom. The fourth-order valence-electron chi connectivity index (χ4n) is 2.19. The minimum absolute atomic E-state index is 0.222. The second kappa shape index (κ2) is 5.20. The monoisotopic (exact) mass is 280 g/mol. The fraction of sp³-hybridized carbons (Fsp3) is 0.0625. The molecule has 0 aliphatic rings. The first-order valence-electron chi connectivity index (χ1n) is 6.38. The lowest BCUT2D eigenvalue weighted by Crippen LogP contribution is -2.28. The average molecular weight is 280 g/mol. The summed E-state index contributed by atoms with van der Waals surface area (Å²) in [4.78, 5) is 28.5. The Morgan fingerprint density at radius 3 is 2.43 bits per heavy atom. The molecule has 2 aromatic carbocycles. The zero-order valence-corrected chi connectivity index (χ0v) is 11.3. The van der Waals surface area contributed by atoms with Gasteiger partial charge < -0.3 is 4.74 Å². The first kappa shape index (κ1) is 13.1. The Hall–Kier alpha value is -2.95. The molecular formula is C16H12N2O3. The van der Waals surface area contributed by atoms with Crippen LogP contribution in [0, 0.1) is 0 Å². The van der Waals surface area contributed by atoms with E-state index in [0.717, 1.165) is 0 Å². The summed E-state index contributed by atoms with van der Waals surface area (Å²) in [7, 11) is 1.23. The van der Waals surface area contributed by atoms with Crippen molar-refractivity contribution < 1.29 is 9.53 Å². The number of para-hydroxylation sites is 3. The molecule has 0 radical (unpaired) electrons. The average Bonchev–Trinajstić information content (AvgIpc) is 2.54. The van der Waals surface area contributed by atoms with Crippen molar-refractivity contribution in [2.24, 2.45) is 0 Å². The molecule has 0 unspecified atom stereocenters. The number of hydrogen-bond acceptors (Lipinski definition) is 4. The third-order valence-corrected chi connectivity index (χ3v) is 3.15. The van der Waals surface area contributed by atoms with Crippen LogP contribution in [0.3, 0.4) is 0 Å². The number of esters is 1. The first-order chi connectivity index (χ1) is 10.2. The fourth-order valence-corrected chi connectivity index (χ4v) is 2.19. The lowest BCUT2D eigenvalue weighted by atomic mass is 10.2. The maximum atomic E-state index is 12.6. The Labute approximate surface area is 120 Å². The maximum absolute atomic E-state index is 12.6. The third-order valence-electron chi connectivity index (χ3n) is 3.15. The summed E-state index contributed by atoms with van der Waals surface area (Å²) in [5.41, 5.74) is 1.15. The number of methoxy groups -OCH3 is 1. The summed E-state index contributed by atoms with van der Waals surface area (Å²) in [6.45, 7) is 0. The smallest absolute Gasteiger partial charge is 0.362 e. The number of nitrogens with zero attached hydrogens (tertiary/aromatic N) is 2. The van der Waals surface area contributed by atoms with Crippen molar-refractivity contribution in [2.45, 2.75) is 0 Å². The molecule has 0 spiro atoms. The van der Waals surface area contributed by atoms with Crippen LogP contribution in [0.2, 0.25) is 0 Å². The highest BCUT2D eigenvalue weighted by Gasteiger charge is 2.18. The van der Waals surface area contributed by atoms with Gasteiger partial charge in [0.05, 0.1) is 18.1 Å². The number of aromatic nitrogens is 2. The second-order valence-electron chi connectivity index (χ2n) is 4.42. The predicted molar refractivity (Wildman–Crippen MR) is 78.7 cm³/mol. The van der Waals surface area contributed by atoms with Crippen molar-refractivity contribution in [2.75, 3.05) is 7.11 Å². The third kappa shape index (κ3) is 2.18. The lowest BCUT2D eigenvalue weighted by molar-refractivity contribution is 0.0592. The van der Waals surface area contributed by atoms with Crippen molar-refractivity contribution >= 4 is 17.0 Å². The van der Waals surface area contributed by atoms with Gasteiger partial charge in [0.2, 0.25) is 5.69 Å². The lowest BCUT2D eigenvalue weighted by Gasteiger charge is -2.11. The molecule has 3 rings (SSSR count). The molecule has 1 heterocycles. The van der Waals surface area contributed by atoms with Crippen LogP contribution in [0.1, 0.15) is 10.5 Å². The largest absolute Gasteiger partial charge is 0.464 e. The zero-order valence-electron chi connectivity index (χ0n) is 11.3. The minimum atomic E-state index is -0.740. The molecular weight excluding hydrogens is 268 g/mol. The van der Waals surface area contributed by atoms with Crippen molar-refractivity contribution in [1.82, 2.24) is 9.55 Å². The zero-order chi connectivity index (χ0) is 14.8. The van der Waals surface area contributed by atoms with Crippen LogP contribution in [-0.4, -0.2) is 22.6 Å². The van der Waals surface area contributed by atoms with E-state index in [4.69, 9.17) is 0 Å². The number of carbonyl (C=O) groups is 1. The van der Waals surface area contributed by atoms with Crippen LogP contribution in [0.25, 0.3) is 16.7 Å². The molecule has 5 heteroatoms. The molecule has 104 valence electrons. The van der Waals surface area contributed by atoms with Crippen LogP contribution in [0.4, 0.5) is 0 Å². The molecule has 0 bridgehead atoms. The van der Waals surface area contributed by atoms with E-state index >= 15 is 0 Å². The number of ether oxygens (including phenoxy) is 1. The van der Waals surface area contributed by atoms with Crippen LogP contribution >= 0.6 is 0 Å². The van der Waals surface area contributed by atoms with Gasteiger partial charge in [-0.05, 0) is 24.3 Å². The molecule has 0 saturated carbocycles. The Bertz CT molecular complexity index is 870. The minimum Gasteiger partial charge on any atom is -0.464 e. The van der Waals surface area contributed by atoms with Gasteiger partial charge in [-0.2, -0.15) is 0 Å². The van der Waals surface area contributed by atoms with Crippen molar-refractivity contribution in [3.05, 3.63) is 70.6 Å². The molecule has 3 aromatic rings. The Balaban J connectivity index is 2.43. The highest BCUT2D eigenvalue weighted by molar-refractivity contribution is 5.90. The molecule has 0 aliphatic carbocycles. The highest BCUT2D eigenvalue weighted by Crippen LogP contribution is 2.15. The van der Waals surface area contributed by atoms with Crippen LogP contribution < -0.4 is 5.56 Å². The van der Waals surface area contributed by atoms with Gasteiger partial charge in [0.25, 0.3) is 5.56 Å². The summed E-state index contributed by atoms with van der Waals surface area (Å²) in [5, 5.41) is 0. The number of hydrogen-bond donors (Lipinski definition) is 0. The number of fused-ring (bicyclic) bond motifs is 1. The van der Waals surface area contributed by atoms with Crippen LogP contribution in [0.15, 0.2) is 59.4 Å². The molecule has 0 N–H and O–H groups in total. The van der Waals surface area contributed by atoms with E-state index in [0.29, 0.717) is 16.7 Å². The van der Waals surface area contributed by atoms with Crippen molar-refractivity contribution in [3.8, 4) is 5.69 Å². The van der Waals surface area contributed by atoms with Gasteiger partial charge in [0.1, 0.15) is 0 Å². The van der Waals surface area contributed by atoms with E-state index in [1.54, 1.807) is 30.3 Å². The molecule has 0 aliphatic heterocycles. The van der Waals surface area contributed by atoms with Crippen molar-refractivity contribution in [1.29, 1.82) is 0 Å². The van der Waals surface area contributed by atoms with Gasteiger partial charge in [-0.15, -0.1) is 0 Å². The maximum Gasteiger partial charge on any atom is 0.362 e. The Morgan fingerprint density at radius 2 is 1.71 bits per heavy atom. The summed E-state index contributed by atoms with van der Waals surface area (Å²) in [6.07, 6.45) is 0. The van der Waals surface area contributed by atoms with E-state index < -0.39 is 11.5 Å². The SMILES string of the molecule is COC(=O)c1nc2ccccc2n(-c2ccccc2)c1=O. The summed E-state index contributed by atoms with van der Waals surface area (Å²) in [6, 6.07) is 16.3. The number of carbonyl (C=O) groups excluding carboxylic acids is 1. The quantitative estimate of drug-likeness (QED) is 0.675. The summed E-state index contributed by atoms with van der Waals surface area (Å²) >= 11 is 0. The van der Waals surface area contributed by atoms with Gasteiger partial charge in [0, 0.05) is 5.69 Å². The highest BCUT2D eigenvalue weighted by atomic mass is 16.5. The van der Waals surface area contributed by atoms with E-state index in [9.17, 15) is 9.59 Å². The standard InChI is InChI=1S/C16H12N2O3/c1-21-16(20)14-15(19)18(11-7-3-2-4-8-11)13-10-6-5-9-12(13)17-14/h2-10H,1H3. The molecule has 21 heavy (non-hydrogen) atoms. The molecule has 0 fully saturated rings. The van der Waals surface area contributed by atoms with Crippen molar-refractivity contribution in [3.63, 3.8) is 0 Å². The topological polar surface area (TPSA) is 61.2 Å². The predicted octanol–water partition coefficient (Wildman–Crippen LogP) is 2.17. The Kier molecular flexibility index (Phi) is 3.23. The van der Waals surface area contributed by atoms with E-state index in [2.05, 4.69) is 9.72 Å². The molecule has 0 saturated heterocycles. The first-order valence-corrected chi connectivity index (χ1v) is 6.38. The van der Waals surface area contributed by atoms with Gasteiger partial charge in [-0.25, -0.2) is 9.78 Å². The van der Waals surface area contributed by atoms with Gasteiger partial charge in [0.15, 0.2) is 0 Å². The molecule has 5 nitrogen and oxygen atoms in total.